The van der Waals surface area contributed by atoms with Gasteiger partial charge in [-0.2, -0.15) is 0 Å². The van der Waals surface area contributed by atoms with Crippen molar-refractivity contribution in [1.29, 1.82) is 0 Å². The second-order valence-corrected chi connectivity index (χ2v) is 7.29. The molecule has 1 atom stereocenters. The molecule has 146 valence electrons. The Hall–Kier alpha value is -2.64. The average Bonchev–Trinajstić information content (AvgIpc) is 3.18. The molecule has 1 aliphatic rings. The predicted molar refractivity (Wildman–Crippen MR) is 105 cm³/mol. The Kier molecular flexibility index (Phi) is 5.73. The molecule has 0 unspecified atom stereocenters. The Morgan fingerprint density at radius 2 is 1.68 bits per heavy atom. The third-order valence-corrected chi connectivity index (χ3v) is 5.35. The topological polar surface area (TPSA) is 50.1 Å². The lowest BCUT2D eigenvalue weighted by molar-refractivity contribution is 0.121. The smallest absolute Gasteiger partial charge is 0.173 e. The number of tetrazole rings is 1. The molecule has 0 spiro atoms. The Morgan fingerprint density at radius 3 is 2.39 bits per heavy atom. The van der Waals surface area contributed by atoms with Gasteiger partial charge in [-0.05, 0) is 47.2 Å². The zero-order valence-electron chi connectivity index (χ0n) is 16.1. The second-order valence-electron chi connectivity index (χ2n) is 7.29. The van der Waals surface area contributed by atoms with Gasteiger partial charge in [0.2, 0.25) is 0 Å². The summed E-state index contributed by atoms with van der Waals surface area (Å²) < 4.78 is 15.4. The van der Waals surface area contributed by atoms with Crippen LogP contribution >= 0.6 is 0 Å². The van der Waals surface area contributed by atoms with Crippen LogP contribution in [-0.4, -0.2) is 63.2 Å². The number of likely N-dealkylation sites (N-methyl/N-ethyl adjacent to an activating group) is 1. The van der Waals surface area contributed by atoms with E-state index in [1.54, 1.807) is 0 Å². The number of nitrogens with zero attached hydrogens (tertiary/aromatic N) is 6. The Balaban J connectivity index is 1.61. The van der Waals surface area contributed by atoms with Gasteiger partial charge >= 0.3 is 0 Å². The summed E-state index contributed by atoms with van der Waals surface area (Å²) in [6.07, 6.45) is 0.859. The van der Waals surface area contributed by atoms with Crippen molar-refractivity contribution in [2.75, 3.05) is 33.2 Å². The summed E-state index contributed by atoms with van der Waals surface area (Å²) >= 11 is 0. The van der Waals surface area contributed by atoms with Crippen LogP contribution in [0.15, 0.2) is 54.6 Å². The normalized spacial score (nSPS) is 16.9. The van der Waals surface area contributed by atoms with Gasteiger partial charge in [-0.15, -0.1) is 5.10 Å². The van der Waals surface area contributed by atoms with Crippen LogP contribution in [0.4, 0.5) is 4.39 Å². The fraction of sp³-hybridized carbons (Fsp3) is 0.381. The van der Waals surface area contributed by atoms with Crippen LogP contribution in [-0.2, 0) is 13.0 Å². The van der Waals surface area contributed by atoms with E-state index >= 15 is 0 Å². The van der Waals surface area contributed by atoms with E-state index in [0.717, 1.165) is 44.0 Å². The maximum absolute atomic E-state index is 13.5. The molecule has 4 rings (SSSR count). The van der Waals surface area contributed by atoms with Crippen molar-refractivity contribution in [2.24, 2.45) is 0 Å². The number of aromatic nitrogens is 4. The molecule has 0 aliphatic carbocycles. The van der Waals surface area contributed by atoms with Crippen LogP contribution in [0, 0.1) is 5.82 Å². The van der Waals surface area contributed by atoms with Gasteiger partial charge in [0.25, 0.3) is 0 Å². The Bertz CT molecular complexity index is 871. The molecule has 0 saturated carbocycles. The lowest BCUT2D eigenvalue weighted by Gasteiger charge is -2.37. The molecule has 0 bridgehead atoms. The third-order valence-electron chi connectivity index (χ3n) is 5.35. The van der Waals surface area contributed by atoms with E-state index in [1.165, 1.54) is 17.7 Å². The van der Waals surface area contributed by atoms with Crippen molar-refractivity contribution >= 4 is 0 Å². The Morgan fingerprint density at radius 1 is 0.964 bits per heavy atom. The van der Waals surface area contributed by atoms with Crippen molar-refractivity contribution in [3.63, 3.8) is 0 Å². The third kappa shape index (κ3) is 4.26. The quantitative estimate of drug-likeness (QED) is 0.657. The van der Waals surface area contributed by atoms with Crippen LogP contribution in [0.5, 0.6) is 0 Å². The predicted octanol–water partition coefficient (Wildman–Crippen LogP) is 2.39. The van der Waals surface area contributed by atoms with E-state index in [9.17, 15) is 4.39 Å². The number of aryl methyl sites for hydroxylation is 2. The minimum Gasteiger partial charge on any atom is -0.304 e. The summed E-state index contributed by atoms with van der Waals surface area (Å²) in [5.74, 6) is 0.580. The monoisotopic (exact) mass is 380 g/mol. The number of halogens is 1. The molecule has 1 saturated heterocycles. The highest BCUT2D eigenvalue weighted by atomic mass is 19.1. The van der Waals surface area contributed by atoms with Crippen molar-refractivity contribution in [3.05, 3.63) is 77.4 Å². The zero-order valence-corrected chi connectivity index (χ0v) is 16.1. The molecular weight excluding hydrogens is 355 g/mol. The summed E-state index contributed by atoms with van der Waals surface area (Å²) in [5.41, 5.74) is 2.27. The first-order valence-corrected chi connectivity index (χ1v) is 9.69. The molecule has 0 amide bonds. The van der Waals surface area contributed by atoms with Gasteiger partial charge in [0.1, 0.15) is 5.82 Å². The first-order chi connectivity index (χ1) is 13.7. The standard InChI is InChI=1S/C21H25FN6/c1-26-13-15-27(16-14-26)20(18-7-9-19(22)10-8-18)21-23-24-25-28(21)12-11-17-5-3-2-4-6-17/h2-10,20H,11-16H2,1H3/t20-/m1/s1. The minimum atomic E-state index is -0.232. The molecule has 3 aromatic rings. The summed E-state index contributed by atoms with van der Waals surface area (Å²) in [5, 5.41) is 12.6. The van der Waals surface area contributed by atoms with E-state index in [4.69, 9.17) is 0 Å². The maximum Gasteiger partial charge on any atom is 0.173 e. The van der Waals surface area contributed by atoms with Crippen molar-refractivity contribution in [1.82, 2.24) is 30.0 Å². The number of hydrogen-bond acceptors (Lipinski definition) is 5. The van der Waals surface area contributed by atoms with Gasteiger partial charge in [0, 0.05) is 32.7 Å². The number of hydrogen-bond donors (Lipinski definition) is 0. The van der Waals surface area contributed by atoms with E-state index in [-0.39, 0.29) is 11.9 Å². The number of rotatable bonds is 6. The highest BCUT2D eigenvalue weighted by Gasteiger charge is 2.29. The average molecular weight is 380 g/mol. The van der Waals surface area contributed by atoms with Crippen molar-refractivity contribution in [2.45, 2.75) is 19.0 Å². The van der Waals surface area contributed by atoms with Gasteiger partial charge in [-0.3, -0.25) is 4.90 Å². The molecule has 1 aliphatic heterocycles. The molecule has 1 aromatic heterocycles. The highest BCUT2D eigenvalue weighted by Crippen LogP contribution is 2.28. The zero-order chi connectivity index (χ0) is 19.3. The Labute approximate surface area is 164 Å². The van der Waals surface area contributed by atoms with Gasteiger partial charge < -0.3 is 4.90 Å². The molecular formula is C21H25FN6. The second kappa shape index (κ2) is 8.58. The molecule has 0 radical (unpaired) electrons. The summed E-state index contributed by atoms with van der Waals surface area (Å²) in [4.78, 5) is 4.70. The van der Waals surface area contributed by atoms with E-state index in [1.807, 2.05) is 35.0 Å². The lowest BCUT2D eigenvalue weighted by atomic mass is 10.0. The molecule has 2 aromatic carbocycles. The minimum absolute atomic E-state index is 0.0833. The van der Waals surface area contributed by atoms with Crippen LogP contribution < -0.4 is 0 Å². The summed E-state index contributed by atoms with van der Waals surface area (Å²) in [7, 11) is 2.13. The van der Waals surface area contributed by atoms with Gasteiger partial charge in [-0.25, -0.2) is 9.07 Å². The molecule has 2 heterocycles. The van der Waals surface area contributed by atoms with Crippen LogP contribution in [0.25, 0.3) is 0 Å². The van der Waals surface area contributed by atoms with Crippen LogP contribution in [0.3, 0.4) is 0 Å². The van der Waals surface area contributed by atoms with E-state index in [0.29, 0.717) is 6.54 Å². The number of benzene rings is 2. The molecule has 0 N–H and O–H groups in total. The maximum atomic E-state index is 13.5. The van der Waals surface area contributed by atoms with Crippen molar-refractivity contribution in [3.8, 4) is 0 Å². The van der Waals surface area contributed by atoms with Crippen LogP contribution in [0.2, 0.25) is 0 Å². The van der Waals surface area contributed by atoms with Gasteiger partial charge in [0.05, 0.1) is 6.04 Å². The highest BCUT2D eigenvalue weighted by molar-refractivity contribution is 5.25. The summed E-state index contributed by atoms with van der Waals surface area (Å²) in [6.45, 7) is 4.53. The van der Waals surface area contributed by atoms with Gasteiger partial charge in [-0.1, -0.05) is 42.5 Å². The van der Waals surface area contributed by atoms with E-state index in [2.05, 4.69) is 44.5 Å². The summed E-state index contributed by atoms with van der Waals surface area (Å²) in [6, 6.07) is 17.0. The first-order valence-electron chi connectivity index (χ1n) is 9.69. The molecule has 6 nitrogen and oxygen atoms in total. The first kappa shape index (κ1) is 18.7. The molecule has 7 heteroatoms. The molecule has 1 fully saturated rings. The molecule has 28 heavy (non-hydrogen) atoms. The fourth-order valence-corrected chi connectivity index (χ4v) is 3.69. The number of piperazine rings is 1. The van der Waals surface area contributed by atoms with Crippen LogP contribution in [0.1, 0.15) is 23.0 Å². The van der Waals surface area contributed by atoms with E-state index < -0.39 is 0 Å². The van der Waals surface area contributed by atoms with Crippen molar-refractivity contribution < 1.29 is 4.39 Å². The van der Waals surface area contributed by atoms with Gasteiger partial charge in [0.15, 0.2) is 5.82 Å². The lowest BCUT2D eigenvalue weighted by Crippen LogP contribution is -2.46. The SMILES string of the molecule is CN1CCN([C@H](c2ccc(F)cc2)c2nnnn2CCc2ccccc2)CC1. The largest absolute Gasteiger partial charge is 0.304 e. The fourth-order valence-electron chi connectivity index (χ4n) is 3.69.